The van der Waals surface area contributed by atoms with Crippen molar-refractivity contribution in [3.63, 3.8) is 0 Å². The summed E-state index contributed by atoms with van der Waals surface area (Å²) in [5.74, 6) is -0.698. The molecule has 0 aromatic heterocycles. The fourth-order valence-electron chi connectivity index (χ4n) is 3.69. The lowest BCUT2D eigenvalue weighted by Gasteiger charge is -2.20. The number of hydrogen-bond donors (Lipinski definition) is 0. The summed E-state index contributed by atoms with van der Waals surface area (Å²) in [7, 11) is 0. The van der Waals surface area contributed by atoms with Gasteiger partial charge in [-0.3, -0.25) is 0 Å². The average molecular weight is 232 g/mol. The molecule has 0 bridgehead atoms. The molecule has 4 aliphatic rings. The van der Waals surface area contributed by atoms with Gasteiger partial charge in [0.1, 0.15) is 12.2 Å². The molecule has 1 saturated heterocycles. The van der Waals surface area contributed by atoms with Gasteiger partial charge in [-0.25, -0.2) is 4.79 Å². The molecule has 3 aliphatic carbocycles. The number of fused-ring (bicyclic) bond motifs is 4. The van der Waals surface area contributed by atoms with Crippen molar-refractivity contribution in [3.8, 4) is 0 Å². The number of halogens is 3. The van der Waals surface area contributed by atoms with E-state index in [1.807, 2.05) is 0 Å². The molecule has 0 aromatic carbocycles. The van der Waals surface area contributed by atoms with Crippen molar-refractivity contribution in [2.45, 2.75) is 18.4 Å². The molecule has 2 unspecified atom stereocenters. The quantitative estimate of drug-likeness (QED) is 0.472. The Hall–Kier alpha value is -1.20. The molecule has 1 aliphatic heterocycles. The smallest absolute Gasteiger partial charge is 0.427 e. The maximum absolute atomic E-state index is 12.7. The number of rotatable bonds is 0. The zero-order chi connectivity index (χ0) is 11.2. The second kappa shape index (κ2) is 2.24. The minimum Gasteiger partial charge on any atom is -0.427 e. The topological polar surface area (TPSA) is 35.5 Å². The summed E-state index contributed by atoms with van der Waals surface area (Å²) in [6.07, 6.45) is -5.01. The highest BCUT2D eigenvalue weighted by Gasteiger charge is 2.76. The highest BCUT2D eigenvalue weighted by Crippen LogP contribution is 2.71. The van der Waals surface area contributed by atoms with Crippen LogP contribution in [0.1, 0.15) is 0 Å². The van der Waals surface area contributed by atoms with Gasteiger partial charge in [0, 0.05) is 17.4 Å². The first-order chi connectivity index (χ1) is 7.48. The van der Waals surface area contributed by atoms with Crippen LogP contribution in [0.3, 0.4) is 0 Å². The predicted molar refractivity (Wildman–Crippen MR) is 43.2 cm³/mol. The van der Waals surface area contributed by atoms with Gasteiger partial charge in [0.15, 0.2) is 0 Å². The summed E-state index contributed by atoms with van der Waals surface area (Å²) in [5, 5.41) is 0. The third kappa shape index (κ3) is 0.814. The molecule has 0 aromatic rings. The van der Waals surface area contributed by atoms with Crippen LogP contribution in [0.2, 0.25) is 0 Å². The van der Waals surface area contributed by atoms with E-state index in [4.69, 9.17) is 9.47 Å². The summed E-state index contributed by atoms with van der Waals surface area (Å²) in [5.41, 5.74) is -0.524. The first-order valence-corrected chi connectivity index (χ1v) is 5.14. The van der Waals surface area contributed by atoms with Crippen molar-refractivity contribution in [1.82, 2.24) is 0 Å². The molecule has 3 fully saturated rings. The highest BCUT2D eigenvalue weighted by molar-refractivity contribution is 5.64. The van der Waals surface area contributed by atoms with Gasteiger partial charge in [0.2, 0.25) is 0 Å². The van der Waals surface area contributed by atoms with Gasteiger partial charge in [0.25, 0.3) is 0 Å². The van der Waals surface area contributed by atoms with Gasteiger partial charge in [-0.15, -0.1) is 0 Å². The third-order valence-electron chi connectivity index (χ3n) is 4.19. The zero-order valence-corrected chi connectivity index (χ0v) is 7.90. The van der Waals surface area contributed by atoms with E-state index in [1.54, 1.807) is 0 Å². The third-order valence-corrected chi connectivity index (χ3v) is 4.19. The first kappa shape index (κ1) is 8.90. The standard InChI is InChI=1S/C10H7F3O3/c11-10(12,13)3-1-2-4-5(2)7-8(6(3)4)16-9(14)15-7/h1-2,4-8H/t2?,4-,5?,6-,7+,8-/m1/s1. The maximum Gasteiger partial charge on any atom is 0.509 e. The molecule has 16 heavy (non-hydrogen) atoms. The van der Waals surface area contributed by atoms with E-state index >= 15 is 0 Å². The number of carbonyl (C=O) groups is 1. The molecule has 4 rings (SSSR count). The molecular weight excluding hydrogens is 225 g/mol. The van der Waals surface area contributed by atoms with Crippen molar-refractivity contribution >= 4 is 6.16 Å². The Morgan fingerprint density at radius 3 is 2.50 bits per heavy atom. The lowest BCUT2D eigenvalue weighted by atomic mass is 9.95. The van der Waals surface area contributed by atoms with Gasteiger partial charge in [0.05, 0.1) is 0 Å². The van der Waals surface area contributed by atoms with Gasteiger partial charge in [-0.1, -0.05) is 6.08 Å². The summed E-state index contributed by atoms with van der Waals surface area (Å²) in [6, 6.07) is 0. The molecule has 0 radical (unpaired) electrons. The maximum atomic E-state index is 12.7. The van der Waals surface area contributed by atoms with E-state index in [9.17, 15) is 18.0 Å². The van der Waals surface area contributed by atoms with Crippen LogP contribution < -0.4 is 0 Å². The van der Waals surface area contributed by atoms with Crippen molar-refractivity contribution in [2.75, 3.05) is 0 Å². The summed E-state index contributed by atoms with van der Waals surface area (Å²) in [4.78, 5) is 10.9. The lowest BCUT2D eigenvalue weighted by molar-refractivity contribution is -0.103. The van der Waals surface area contributed by atoms with Gasteiger partial charge >= 0.3 is 12.3 Å². The molecule has 6 heteroatoms. The summed E-state index contributed by atoms with van der Waals surface area (Å²) in [6.45, 7) is 0. The normalized spacial score (nSPS) is 51.7. The van der Waals surface area contributed by atoms with E-state index in [0.29, 0.717) is 0 Å². The Bertz CT molecular complexity index is 428. The van der Waals surface area contributed by atoms with Crippen molar-refractivity contribution in [2.24, 2.45) is 23.7 Å². The van der Waals surface area contributed by atoms with E-state index < -0.39 is 36.0 Å². The largest absolute Gasteiger partial charge is 0.509 e. The van der Waals surface area contributed by atoms with Crippen LogP contribution in [0.25, 0.3) is 0 Å². The highest BCUT2D eigenvalue weighted by atomic mass is 19.4. The van der Waals surface area contributed by atoms with Gasteiger partial charge in [-0.05, 0) is 11.8 Å². The minimum atomic E-state index is -4.31. The molecule has 0 N–H and O–H groups in total. The fourth-order valence-corrected chi connectivity index (χ4v) is 3.69. The number of alkyl halides is 3. The number of allylic oxidation sites excluding steroid dienone is 1. The summed E-state index contributed by atoms with van der Waals surface area (Å²) >= 11 is 0. The van der Waals surface area contributed by atoms with Crippen LogP contribution in [0.5, 0.6) is 0 Å². The molecule has 3 nitrogen and oxygen atoms in total. The summed E-state index contributed by atoms with van der Waals surface area (Å²) < 4.78 is 47.9. The van der Waals surface area contributed by atoms with E-state index in [1.165, 1.54) is 6.08 Å². The molecule has 1 heterocycles. The molecule has 6 atom stereocenters. The van der Waals surface area contributed by atoms with E-state index in [0.717, 1.165) is 0 Å². The molecule has 0 spiro atoms. The molecule has 0 amide bonds. The zero-order valence-electron chi connectivity index (χ0n) is 7.90. The van der Waals surface area contributed by atoms with Gasteiger partial charge < -0.3 is 9.47 Å². The van der Waals surface area contributed by atoms with E-state index in [-0.39, 0.29) is 17.8 Å². The second-order valence-corrected chi connectivity index (χ2v) is 4.79. The Labute approximate surface area is 88.2 Å². The predicted octanol–water partition coefficient (Wildman–Crippen LogP) is 1.88. The van der Waals surface area contributed by atoms with Crippen LogP contribution in [0.4, 0.5) is 18.0 Å². The van der Waals surface area contributed by atoms with Gasteiger partial charge in [-0.2, -0.15) is 13.2 Å². The fraction of sp³-hybridized carbons (Fsp3) is 0.700. The Morgan fingerprint density at radius 1 is 1.12 bits per heavy atom. The molecule has 2 saturated carbocycles. The number of hydrogen-bond acceptors (Lipinski definition) is 3. The van der Waals surface area contributed by atoms with Crippen molar-refractivity contribution in [3.05, 3.63) is 11.6 Å². The van der Waals surface area contributed by atoms with Crippen LogP contribution in [0.15, 0.2) is 11.6 Å². The Kier molecular flexibility index (Phi) is 1.24. The van der Waals surface area contributed by atoms with Crippen LogP contribution >= 0.6 is 0 Å². The SMILES string of the molecule is O=C1O[C@@H]2[C@@H]3C(C(F)(F)F)=CC4C([C@@H]43)[C@@H]2O1. The number of ether oxygens (including phenoxy) is 2. The first-order valence-electron chi connectivity index (χ1n) is 5.14. The minimum absolute atomic E-state index is 0.0141. The van der Waals surface area contributed by atoms with Crippen LogP contribution in [-0.4, -0.2) is 24.5 Å². The monoisotopic (exact) mass is 232 g/mol. The lowest BCUT2D eigenvalue weighted by Crippen LogP contribution is -2.30. The average Bonchev–Trinajstić information content (AvgIpc) is 2.51. The van der Waals surface area contributed by atoms with Crippen molar-refractivity contribution in [1.29, 1.82) is 0 Å². The Balaban J connectivity index is 1.73. The Morgan fingerprint density at radius 2 is 1.81 bits per heavy atom. The molecule has 86 valence electrons. The van der Waals surface area contributed by atoms with Crippen LogP contribution in [-0.2, 0) is 9.47 Å². The molecular formula is C10H7F3O3. The second-order valence-electron chi connectivity index (χ2n) is 4.79. The van der Waals surface area contributed by atoms with Crippen molar-refractivity contribution < 1.29 is 27.4 Å². The van der Waals surface area contributed by atoms with E-state index in [2.05, 4.69) is 0 Å². The number of carbonyl (C=O) groups excluding carboxylic acids is 1. The van der Waals surface area contributed by atoms with Crippen LogP contribution in [0, 0.1) is 23.7 Å².